The molecule has 57 heavy (non-hydrogen) atoms. The maximum Gasteiger partial charge on any atom is 0.256 e. The van der Waals surface area contributed by atoms with E-state index in [1.54, 1.807) is 0 Å². The van der Waals surface area contributed by atoms with Crippen LogP contribution >= 0.6 is 0 Å². The quantitative estimate of drug-likeness (QED) is 0.152. The summed E-state index contributed by atoms with van der Waals surface area (Å²) in [6.45, 7) is 8.68. The minimum absolute atomic E-state index is 0.0309. The first kappa shape index (κ1) is 34.5. The minimum atomic E-state index is -0.0309. The van der Waals surface area contributed by atoms with Gasteiger partial charge in [0.05, 0.1) is 0 Å². The normalized spacial score (nSPS) is 12.3. The summed E-state index contributed by atoms with van der Waals surface area (Å²) < 4.78 is 6.99. The van der Waals surface area contributed by atoms with Crippen molar-refractivity contribution in [3.63, 3.8) is 0 Å². The second-order valence-corrected chi connectivity index (χ2v) is 15.2. The summed E-state index contributed by atoms with van der Waals surface area (Å²) in [4.78, 5) is 7.11. The molecule has 0 saturated heterocycles. The van der Waals surface area contributed by atoms with Crippen molar-refractivity contribution in [2.24, 2.45) is 0 Å². The maximum atomic E-state index is 6.99. The zero-order chi connectivity index (χ0) is 38.6. The lowest BCUT2D eigenvalue weighted by Gasteiger charge is -2.41. The fourth-order valence-electron chi connectivity index (χ4n) is 8.56. The SMILES string of the molecule is Cc1ccc(N(c2ccc(C)c(C)c2)c2ccc3c(c2)Oc2cccc4c2B3c2ccc(N(c3ccccc3)c3ccccc3)cc2N4c2ccccc2)cc1C. The van der Waals surface area contributed by atoms with E-state index in [2.05, 4.69) is 224 Å². The molecule has 2 aliphatic heterocycles. The van der Waals surface area contributed by atoms with Gasteiger partial charge < -0.3 is 19.4 Å². The summed E-state index contributed by atoms with van der Waals surface area (Å²) in [5.74, 6) is 1.76. The van der Waals surface area contributed by atoms with Gasteiger partial charge in [-0.05, 0) is 157 Å². The third-order valence-electron chi connectivity index (χ3n) is 11.7. The Balaban J connectivity index is 1.16. The van der Waals surface area contributed by atoms with Gasteiger partial charge in [0.2, 0.25) is 0 Å². The lowest BCUT2D eigenvalue weighted by molar-refractivity contribution is 0.487. The van der Waals surface area contributed by atoms with Gasteiger partial charge in [0.15, 0.2) is 0 Å². The largest absolute Gasteiger partial charge is 0.458 e. The second kappa shape index (κ2) is 14.0. The number of rotatable bonds is 7. The number of aryl methyl sites for hydroxylation is 4. The molecule has 0 fully saturated rings. The fourth-order valence-corrected chi connectivity index (χ4v) is 8.56. The van der Waals surface area contributed by atoms with Crippen LogP contribution in [0.5, 0.6) is 11.5 Å². The van der Waals surface area contributed by atoms with Crippen LogP contribution in [0.4, 0.5) is 51.2 Å². The molecule has 0 radical (unpaired) electrons. The highest BCUT2D eigenvalue weighted by Crippen LogP contribution is 2.45. The number of fused-ring (bicyclic) bond motifs is 4. The molecule has 0 aliphatic carbocycles. The van der Waals surface area contributed by atoms with Crippen LogP contribution in [0.25, 0.3) is 0 Å². The first-order valence-electron chi connectivity index (χ1n) is 19.7. The molecule has 274 valence electrons. The number of anilines is 9. The molecular formula is C52H42BN3O. The van der Waals surface area contributed by atoms with Gasteiger partial charge in [-0.3, -0.25) is 0 Å². The van der Waals surface area contributed by atoms with Gasteiger partial charge in [0.1, 0.15) is 11.5 Å². The van der Waals surface area contributed by atoms with Crippen molar-refractivity contribution >= 4 is 74.3 Å². The molecule has 2 heterocycles. The van der Waals surface area contributed by atoms with Crippen LogP contribution in [-0.4, -0.2) is 6.71 Å². The Kier molecular flexibility index (Phi) is 8.45. The van der Waals surface area contributed by atoms with Crippen molar-refractivity contribution in [3.05, 3.63) is 204 Å². The predicted molar refractivity (Wildman–Crippen MR) is 241 cm³/mol. The Morgan fingerprint density at radius 1 is 0.386 bits per heavy atom. The van der Waals surface area contributed by atoms with Gasteiger partial charge in [0, 0.05) is 57.3 Å². The van der Waals surface area contributed by atoms with E-state index in [1.165, 1.54) is 33.2 Å². The van der Waals surface area contributed by atoms with Crippen LogP contribution < -0.4 is 35.8 Å². The molecule has 10 rings (SSSR count). The molecule has 0 atom stereocenters. The smallest absolute Gasteiger partial charge is 0.256 e. The monoisotopic (exact) mass is 735 g/mol. The number of benzene rings is 8. The predicted octanol–water partition coefficient (Wildman–Crippen LogP) is 12.3. The second-order valence-electron chi connectivity index (χ2n) is 15.2. The first-order chi connectivity index (χ1) is 27.9. The van der Waals surface area contributed by atoms with Crippen molar-refractivity contribution in [2.45, 2.75) is 27.7 Å². The van der Waals surface area contributed by atoms with Gasteiger partial charge >= 0.3 is 0 Å². The Morgan fingerprint density at radius 3 is 1.49 bits per heavy atom. The van der Waals surface area contributed by atoms with Crippen molar-refractivity contribution in [3.8, 4) is 11.5 Å². The molecule has 0 amide bonds. The van der Waals surface area contributed by atoms with E-state index in [1.807, 2.05) is 0 Å². The van der Waals surface area contributed by atoms with E-state index < -0.39 is 0 Å². The summed E-state index contributed by atoms with van der Waals surface area (Å²) in [5.41, 5.74) is 18.6. The average molecular weight is 736 g/mol. The van der Waals surface area contributed by atoms with Crippen LogP contribution in [0.1, 0.15) is 22.3 Å². The standard InChI is InChI=1S/C52H42BN3O/c1-35-23-25-42(31-37(35)3)55(43-26-24-36(2)38(4)32-43)45-28-30-47-51(34-45)57-50-22-14-21-48-52(50)53(47)46-29-27-44(33-49(46)56(48)41-19-12-7-13-20-41)54(39-15-8-5-9-16-39)40-17-10-6-11-18-40/h5-34H,1-4H3. The third-order valence-corrected chi connectivity index (χ3v) is 11.7. The number of para-hydroxylation sites is 3. The molecular weight excluding hydrogens is 693 g/mol. The molecule has 0 unspecified atom stereocenters. The first-order valence-corrected chi connectivity index (χ1v) is 19.7. The summed E-state index contributed by atoms with van der Waals surface area (Å²) in [5, 5.41) is 0. The number of ether oxygens (including phenoxy) is 1. The Hall–Kier alpha value is -6.98. The van der Waals surface area contributed by atoms with E-state index in [0.29, 0.717) is 0 Å². The number of nitrogens with zero attached hydrogens (tertiary/aromatic N) is 3. The van der Waals surface area contributed by atoms with Crippen molar-refractivity contribution < 1.29 is 4.74 Å². The molecule has 0 spiro atoms. The van der Waals surface area contributed by atoms with Gasteiger partial charge in [-0.25, -0.2) is 0 Å². The molecule has 0 bridgehead atoms. The zero-order valence-electron chi connectivity index (χ0n) is 32.6. The molecule has 0 N–H and O–H groups in total. The lowest BCUT2D eigenvalue weighted by atomic mass is 9.34. The Morgan fingerprint density at radius 2 is 0.895 bits per heavy atom. The fraction of sp³-hybridized carbons (Fsp3) is 0.0769. The Bertz CT molecular complexity index is 2700. The number of hydrogen-bond acceptors (Lipinski definition) is 4. The topological polar surface area (TPSA) is 19.0 Å². The lowest BCUT2D eigenvalue weighted by Crippen LogP contribution is -2.59. The summed E-state index contributed by atoms with van der Waals surface area (Å²) in [6, 6.07) is 65.7. The highest BCUT2D eigenvalue weighted by molar-refractivity contribution is 6.99. The number of hydrogen-bond donors (Lipinski definition) is 0. The van der Waals surface area contributed by atoms with E-state index in [4.69, 9.17) is 4.74 Å². The van der Waals surface area contributed by atoms with Crippen LogP contribution in [-0.2, 0) is 0 Å². The maximum absolute atomic E-state index is 6.99. The molecule has 8 aromatic rings. The van der Waals surface area contributed by atoms with Gasteiger partial charge in [-0.2, -0.15) is 0 Å². The molecule has 4 nitrogen and oxygen atoms in total. The van der Waals surface area contributed by atoms with Crippen LogP contribution in [0.2, 0.25) is 0 Å². The van der Waals surface area contributed by atoms with Crippen molar-refractivity contribution in [1.29, 1.82) is 0 Å². The third kappa shape index (κ3) is 5.95. The molecule has 0 saturated carbocycles. The highest BCUT2D eigenvalue weighted by Gasteiger charge is 2.42. The highest BCUT2D eigenvalue weighted by atomic mass is 16.5. The van der Waals surface area contributed by atoms with Crippen LogP contribution in [0, 0.1) is 27.7 Å². The minimum Gasteiger partial charge on any atom is -0.458 e. The average Bonchev–Trinajstić information content (AvgIpc) is 3.24. The molecule has 5 heteroatoms. The van der Waals surface area contributed by atoms with Crippen LogP contribution in [0.15, 0.2) is 182 Å². The van der Waals surface area contributed by atoms with E-state index in [-0.39, 0.29) is 6.71 Å². The molecule has 8 aromatic carbocycles. The summed E-state index contributed by atoms with van der Waals surface area (Å²) in [7, 11) is 0. The van der Waals surface area contributed by atoms with Crippen molar-refractivity contribution in [1.82, 2.24) is 0 Å². The van der Waals surface area contributed by atoms with Gasteiger partial charge in [0.25, 0.3) is 6.71 Å². The summed E-state index contributed by atoms with van der Waals surface area (Å²) >= 11 is 0. The van der Waals surface area contributed by atoms with Crippen LogP contribution in [0.3, 0.4) is 0 Å². The van der Waals surface area contributed by atoms with E-state index in [0.717, 1.165) is 68.1 Å². The van der Waals surface area contributed by atoms with E-state index >= 15 is 0 Å². The molecule has 0 aromatic heterocycles. The van der Waals surface area contributed by atoms with Gasteiger partial charge in [-0.15, -0.1) is 0 Å². The molecule has 2 aliphatic rings. The van der Waals surface area contributed by atoms with Crippen molar-refractivity contribution in [2.75, 3.05) is 14.7 Å². The van der Waals surface area contributed by atoms with E-state index in [9.17, 15) is 0 Å². The summed E-state index contributed by atoms with van der Waals surface area (Å²) in [6.07, 6.45) is 0. The Labute approximate surface area is 335 Å². The van der Waals surface area contributed by atoms with Gasteiger partial charge in [-0.1, -0.05) is 84.9 Å². The zero-order valence-corrected chi connectivity index (χ0v) is 32.6.